The van der Waals surface area contributed by atoms with Crippen molar-refractivity contribution < 1.29 is 0 Å². The molecule has 0 saturated heterocycles. The van der Waals surface area contributed by atoms with Crippen LogP contribution in [0, 0.1) is 0 Å². The topological polar surface area (TPSA) is 48.5 Å². The minimum absolute atomic E-state index is 0.795. The highest BCUT2D eigenvalue weighted by Gasteiger charge is 2.22. The lowest BCUT2D eigenvalue weighted by molar-refractivity contribution is 1.14. The summed E-state index contributed by atoms with van der Waals surface area (Å²) in [6, 6.07) is 53.4. The van der Waals surface area contributed by atoms with Crippen LogP contribution in [0.4, 0.5) is 0 Å². The molecule has 10 rings (SSSR count). The monoisotopic (exact) mass is 613 g/mol. The zero-order chi connectivity index (χ0) is 31.6. The van der Waals surface area contributed by atoms with Crippen LogP contribution in [0.1, 0.15) is 0 Å². The van der Waals surface area contributed by atoms with Gasteiger partial charge < -0.3 is 9.13 Å². The molecule has 0 saturated carbocycles. The van der Waals surface area contributed by atoms with Crippen LogP contribution in [0.2, 0.25) is 0 Å². The molecular weight excluding hydrogens is 587 g/mol. The lowest BCUT2D eigenvalue weighted by Gasteiger charge is -2.15. The van der Waals surface area contributed by atoms with Crippen molar-refractivity contribution in [1.82, 2.24) is 24.1 Å². The minimum Gasteiger partial charge on any atom is -0.309 e. The molecule has 5 heteroatoms. The quantitative estimate of drug-likeness (QED) is 0.198. The van der Waals surface area contributed by atoms with Gasteiger partial charge in [-0.25, -0.2) is 4.98 Å². The van der Waals surface area contributed by atoms with E-state index in [1.54, 1.807) is 0 Å². The van der Waals surface area contributed by atoms with Gasteiger partial charge in [0.15, 0.2) is 0 Å². The van der Waals surface area contributed by atoms with Gasteiger partial charge in [-0.2, -0.15) is 0 Å². The van der Waals surface area contributed by atoms with Crippen molar-refractivity contribution in [3.8, 4) is 34.2 Å². The summed E-state index contributed by atoms with van der Waals surface area (Å²) in [5, 5.41) is 7.25. The molecule has 0 bridgehead atoms. The summed E-state index contributed by atoms with van der Waals surface area (Å²) >= 11 is 0. The van der Waals surface area contributed by atoms with E-state index >= 15 is 0 Å². The van der Waals surface area contributed by atoms with E-state index in [0.29, 0.717) is 0 Å². The zero-order valence-electron chi connectivity index (χ0n) is 25.8. The Morgan fingerprint density at radius 3 is 1.42 bits per heavy atom. The molecule has 0 amide bonds. The van der Waals surface area contributed by atoms with Crippen LogP contribution in [-0.4, -0.2) is 24.1 Å². The Morgan fingerprint density at radius 2 is 0.875 bits per heavy atom. The summed E-state index contributed by atoms with van der Waals surface area (Å²) in [6.45, 7) is 0. The highest BCUT2D eigenvalue weighted by Crippen LogP contribution is 2.43. The lowest BCUT2D eigenvalue weighted by Crippen LogP contribution is -2.00. The third-order valence-corrected chi connectivity index (χ3v) is 9.39. The molecule has 0 aliphatic rings. The van der Waals surface area contributed by atoms with E-state index in [4.69, 9.17) is 15.0 Å². The molecule has 10 aromatic rings. The molecule has 5 aromatic carbocycles. The molecule has 224 valence electrons. The summed E-state index contributed by atoms with van der Waals surface area (Å²) in [4.78, 5) is 14.5. The van der Waals surface area contributed by atoms with E-state index in [0.717, 1.165) is 45.2 Å². The second-order valence-corrected chi connectivity index (χ2v) is 12.1. The van der Waals surface area contributed by atoms with Gasteiger partial charge >= 0.3 is 0 Å². The molecule has 5 heterocycles. The van der Waals surface area contributed by atoms with Gasteiger partial charge in [0.2, 0.25) is 0 Å². The van der Waals surface area contributed by atoms with Crippen LogP contribution in [0.25, 0.3) is 88.5 Å². The van der Waals surface area contributed by atoms with Crippen LogP contribution < -0.4 is 0 Å². The van der Waals surface area contributed by atoms with Crippen molar-refractivity contribution in [2.75, 3.05) is 0 Å². The Labute approximate surface area is 276 Å². The second kappa shape index (κ2) is 10.5. The number of nitrogens with zero attached hydrogens (tertiary/aromatic N) is 5. The van der Waals surface area contributed by atoms with Gasteiger partial charge in [-0.05, 0) is 66.0 Å². The van der Waals surface area contributed by atoms with Crippen molar-refractivity contribution >= 4 is 54.4 Å². The van der Waals surface area contributed by atoms with Crippen LogP contribution >= 0.6 is 0 Å². The maximum atomic E-state index is 5.10. The molecule has 0 aliphatic heterocycles. The first-order chi connectivity index (χ1) is 23.8. The summed E-state index contributed by atoms with van der Waals surface area (Å²) in [7, 11) is 0. The Hall–Kier alpha value is -6.59. The fourth-order valence-electron chi connectivity index (χ4n) is 7.36. The van der Waals surface area contributed by atoms with Crippen LogP contribution in [0.3, 0.4) is 0 Å². The third kappa shape index (κ3) is 3.94. The van der Waals surface area contributed by atoms with E-state index in [9.17, 15) is 0 Å². The number of hydrogen-bond donors (Lipinski definition) is 0. The van der Waals surface area contributed by atoms with Gasteiger partial charge in [0.05, 0.1) is 50.5 Å². The molecule has 0 aliphatic carbocycles. The van der Waals surface area contributed by atoms with E-state index in [1.165, 1.54) is 43.4 Å². The summed E-state index contributed by atoms with van der Waals surface area (Å²) < 4.78 is 4.85. The Balaban J connectivity index is 1.42. The maximum Gasteiger partial charge on any atom is 0.0915 e. The molecule has 0 spiro atoms. The fourth-order valence-corrected chi connectivity index (χ4v) is 7.36. The van der Waals surface area contributed by atoms with Crippen molar-refractivity contribution in [2.24, 2.45) is 0 Å². The molecule has 0 N–H and O–H groups in total. The standard InChI is InChI=1S/C43H27N5/c1-2-12-29(13-3-1)47-39-18-6-4-14-31(39)33-22-20-28-21-23-34-32-15-5-7-19-40(32)48(43(34)41(28)42(33)47)30-26-37(35-16-8-10-24-44-35)46-38(27-30)36-17-9-11-25-45-36/h1-27H. The highest BCUT2D eigenvalue weighted by atomic mass is 15.0. The van der Waals surface area contributed by atoms with Gasteiger partial charge in [0.1, 0.15) is 0 Å². The predicted octanol–water partition coefficient (Wildman–Crippen LogP) is 10.6. The molecule has 0 unspecified atom stereocenters. The Kier molecular flexibility index (Phi) is 5.81. The zero-order valence-corrected chi connectivity index (χ0v) is 25.8. The fraction of sp³-hybridized carbons (Fsp3) is 0. The van der Waals surface area contributed by atoms with E-state index in [2.05, 4.69) is 124 Å². The average Bonchev–Trinajstić information content (AvgIpc) is 3.69. The van der Waals surface area contributed by atoms with Crippen molar-refractivity contribution in [1.29, 1.82) is 0 Å². The average molecular weight is 614 g/mol. The predicted molar refractivity (Wildman–Crippen MR) is 197 cm³/mol. The number of hydrogen-bond acceptors (Lipinski definition) is 3. The maximum absolute atomic E-state index is 5.10. The third-order valence-electron chi connectivity index (χ3n) is 9.39. The lowest BCUT2D eigenvalue weighted by atomic mass is 10.0. The molecule has 0 fully saturated rings. The van der Waals surface area contributed by atoms with Crippen LogP contribution in [0.5, 0.6) is 0 Å². The normalized spacial score (nSPS) is 11.8. The van der Waals surface area contributed by atoms with Crippen molar-refractivity contribution in [3.63, 3.8) is 0 Å². The number of fused-ring (bicyclic) bond motifs is 9. The molecule has 0 radical (unpaired) electrons. The van der Waals surface area contributed by atoms with Crippen LogP contribution in [0.15, 0.2) is 164 Å². The first-order valence-electron chi connectivity index (χ1n) is 16.1. The van der Waals surface area contributed by atoms with Gasteiger partial charge in [-0.3, -0.25) is 9.97 Å². The van der Waals surface area contributed by atoms with E-state index in [1.807, 2.05) is 48.8 Å². The van der Waals surface area contributed by atoms with E-state index < -0.39 is 0 Å². The minimum atomic E-state index is 0.795. The number of para-hydroxylation sites is 3. The van der Waals surface area contributed by atoms with E-state index in [-0.39, 0.29) is 0 Å². The van der Waals surface area contributed by atoms with Gasteiger partial charge in [-0.1, -0.05) is 91.0 Å². The molecule has 5 nitrogen and oxygen atoms in total. The first kappa shape index (κ1) is 26.6. The first-order valence-corrected chi connectivity index (χ1v) is 16.1. The molecule has 48 heavy (non-hydrogen) atoms. The number of benzene rings is 5. The number of pyridine rings is 3. The smallest absolute Gasteiger partial charge is 0.0915 e. The second-order valence-electron chi connectivity index (χ2n) is 12.1. The van der Waals surface area contributed by atoms with Gasteiger partial charge in [-0.15, -0.1) is 0 Å². The summed E-state index contributed by atoms with van der Waals surface area (Å²) in [5.41, 5.74) is 10.0. The number of rotatable bonds is 4. The number of aromatic nitrogens is 5. The Bertz CT molecular complexity index is 2750. The Morgan fingerprint density at radius 1 is 0.375 bits per heavy atom. The summed E-state index contributed by atoms with van der Waals surface area (Å²) in [5.74, 6) is 0. The SMILES string of the molecule is c1ccc(-n2c3ccccc3c3ccc4ccc5c6ccccc6n(-c6cc(-c7ccccn7)nc(-c7ccccn7)c6)c5c4c32)cc1. The molecular formula is C43H27N5. The largest absolute Gasteiger partial charge is 0.309 e. The van der Waals surface area contributed by atoms with Gasteiger partial charge in [0, 0.05) is 45.0 Å². The van der Waals surface area contributed by atoms with Crippen molar-refractivity contribution in [3.05, 3.63) is 164 Å². The highest BCUT2D eigenvalue weighted by molar-refractivity contribution is 6.28. The summed E-state index contributed by atoms with van der Waals surface area (Å²) in [6.07, 6.45) is 3.63. The molecule has 5 aromatic heterocycles. The molecule has 0 atom stereocenters. The van der Waals surface area contributed by atoms with Crippen molar-refractivity contribution in [2.45, 2.75) is 0 Å². The van der Waals surface area contributed by atoms with Gasteiger partial charge in [0.25, 0.3) is 0 Å². The van der Waals surface area contributed by atoms with Crippen LogP contribution in [-0.2, 0) is 0 Å².